The van der Waals surface area contributed by atoms with Gasteiger partial charge in [-0.2, -0.15) is 0 Å². The molecule has 1 N–H and O–H groups in total. The lowest BCUT2D eigenvalue weighted by Gasteiger charge is -2.30. The Hall–Kier alpha value is -2.24. The second-order valence-corrected chi connectivity index (χ2v) is 7.43. The number of benzene rings is 2. The van der Waals surface area contributed by atoms with Gasteiger partial charge in [-0.05, 0) is 36.6 Å². The first-order chi connectivity index (χ1) is 14.0. The molecule has 156 valence electrons. The largest absolute Gasteiger partial charge is 0.482 e. The van der Waals surface area contributed by atoms with E-state index in [4.69, 9.17) is 27.9 Å². The molecule has 0 fully saturated rings. The van der Waals surface area contributed by atoms with E-state index in [0.717, 1.165) is 12.0 Å². The quantitative estimate of drug-likeness (QED) is 0.586. The van der Waals surface area contributed by atoms with Gasteiger partial charge in [0, 0.05) is 18.1 Å². The summed E-state index contributed by atoms with van der Waals surface area (Å²) in [5, 5.41) is 3.69. The van der Waals surface area contributed by atoms with Gasteiger partial charge >= 0.3 is 0 Å². The van der Waals surface area contributed by atoms with E-state index in [9.17, 15) is 9.59 Å². The Balaban J connectivity index is 2.17. The number of carbonyl (C=O) groups is 2. The molecule has 2 aromatic carbocycles. The Labute approximate surface area is 181 Å². The molecule has 0 heterocycles. The van der Waals surface area contributed by atoms with Crippen LogP contribution in [0.3, 0.4) is 0 Å². The van der Waals surface area contributed by atoms with E-state index in [1.807, 2.05) is 44.2 Å². The van der Waals surface area contributed by atoms with Crippen LogP contribution in [0.15, 0.2) is 48.5 Å². The van der Waals surface area contributed by atoms with Crippen LogP contribution >= 0.6 is 23.2 Å². The molecule has 0 aliphatic heterocycles. The maximum absolute atomic E-state index is 13.0. The SMILES string of the molecule is CCCNC(=O)[C@@H](CC)N(Cc1ccccc1)C(=O)COc1ccc(Cl)cc1Cl. The van der Waals surface area contributed by atoms with Gasteiger partial charge in [0.1, 0.15) is 11.8 Å². The van der Waals surface area contributed by atoms with E-state index in [-0.39, 0.29) is 18.4 Å². The standard InChI is InChI=1S/C22H26Cl2N2O3/c1-3-12-25-22(28)19(4-2)26(14-16-8-6-5-7-9-16)21(27)15-29-20-11-10-17(23)13-18(20)24/h5-11,13,19H,3-4,12,14-15H2,1-2H3,(H,25,28)/t19-/m1/s1. The molecule has 0 radical (unpaired) electrons. The summed E-state index contributed by atoms with van der Waals surface area (Å²) < 4.78 is 5.61. The minimum Gasteiger partial charge on any atom is -0.482 e. The van der Waals surface area contributed by atoms with Gasteiger partial charge in [-0.1, -0.05) is 67.4 Å². The molecule has 0 spiro atoms. The Bertz CT molecular complexity index is 815. The number of nitrogens with zero attached hydrogens (tertiary/aromatic N) is 1. The minimum atomic E-state index is -0.585. The average molecular weight is 437 g/mol. The first-order valence-electron chi connectivity index (χ1n) is 9.65. The molecule has 0 aromatic heterocycles. The summed E-state index contributed by atoms with van der Waals surface area (Å²) in [6.07, 6.45) is 1.32. The van der Waals surface area contributed by atoms with Crippen molar-refractivity contribution in [1.29, 1.82) is 0 Å². The maximum Gasteiger partial charge on any atom is 0.261 e. The van der Waals surface area contributed by atoms with Crippen molar-refractivity contribution in [2.24, 2.45) is 0 Å². The van der Waals surface area contributed by atoms with Crippen LogP contribution in [0.5, 0.6) is 5.75 Å². The molecule has 2 aromatic rings. The Morgan fingerprint density at radius 1 is 1.10 bits per heavy atom. The van der Waals surface area contributed by atoms with Gasteiger partial charge < -0.3 is 15.0 Å². The van der Waals surface area contributed by atoms with Gasteiger partial charge in [-0.15, -0.1) is 0 Å². The fourth-order valence-electron chi connectivity index (χ4n) is 2.88. The summed E-state index contributed by atoms with van der Waals surface area (Å²) in [4.78, 5) is 27.2. The van der Waals surface area contributed by atoms with Crippen molar-refractivity contribution in [3.63, 3.8) is 0 Å². The maximum atomic E-state index is 13.0. The first-order valence-corrected chi connectivity index (χ1v) is 10.4. The van der Waals surface area contributed by atoms with E-state index >= 15 is 0 Å². The van der Waals surface area contributed by atoms with Gasteiger partial charge in [0.15, 0.2) is 6.61 Å². The number of carbonyl (C=O) groups excluding carboxylic acids is 2. The third kappa shape index (κ3) is 6.94. The number of nitrogens with one attached hydrogen (secondary N) is 1. The summed E-state index contributed by atoms with van der Waals surface area (Å²) in [5.41, 5.74) is 0.937. The average Bonchev–Trinajstić information content (AvgIpc) is 2.72. The van der Waals surface area contributed by atoms with Crippen LogP contribution in [0.25, 0.3) is 0 Å². The van der Waals surface area contributed by atoms with Crippen molar-refractivity contribution >= 4 is 35.0 Å². The number of rotatable bonds is 10. The van der Waals surface area contributed by atoms with E-state index in [1.165, 1.54) is 0 Å². The predicted molar refractivity (Wildman–Crippen MR) is 116 cm³/mol. The van der Waals surface area contributed by atoms with Crippen LogP contribution in [0.2, 0.25) is 10.0 Å². The van der Waals surface area contributed by atoms with E-state index in [0.29, 0.717) is 35.3 Å². The molecule has 7 heteroatoms. The van der Waals surface area contributed by atoms with Gasteiger partial charge in [0.2, 0.25) is 5.91 Å². The normalized spacial score (nSPS) is 11.6. The van der Waals surface area contributed by atoms with Crippen LogP contribution in [-0.2, 0) is 16.1 Å². The molecule has 0 bridgehead atoms. The van der Waals surface area contributed by atoms with E-state index < -0.39 is 6.04 Å². The smallest absolute Gasteiger partial charge is 0.261 e. The zero-order chi connectivity index (χ0) is 21.2. The number of hydrogen-bond acceptors (Lipinski definition) is 3. The fraction of sp³-hybridized carbons (Fsp3) is 0.364. The highest BCUT2D eigenvalue weighted by Crippen LogP contribution is 2.27. The van der Waals surface area contributed by atoms with E-state index in [1.54, 1.807) is 23.1 Å². The third-order valence-corrected chi connectivity index (χ3v) is 4.91. The topological polar surface area (TPSA) is 58.6 Å². The van der Waals surface area contributed by atoms with Crippen LogP contribution in [-0.4, -0.2) is 35.9 Å². The van der Waals surface area contributed by atoms with Crippen molar-refractivity contribution in [3.8, 4) is 5.75 Å². The number of amides is 2. The van der Waals surface area contributed by atoms with Crippen LogP contribution in [0, 0.1) is 0 Å². The lowest BCUT2D eigenvalue weighted by atomic mass is 10.1. The van der Waals surface area contributed by atoms with Crippen molar-refractivity contribution in [1.82, 2.24) is 10.2 Å². The lowest BCUT2D eigenvalue weighted by Crippen LogP contribution is -2.50. The highest BCUT2D eigenvalue weighted by Gasteiger charge is 2.28. The first kappa shape index (κ1) is 23.0. The number of hydrogen-bond donors (Lipinski definition) is 1. The van der Waals surface area contributed by atoms with Crippen molar-refractivity contribution in [3.05, 3.63) is 64.1 Å². The molecule has 2 rings (SSSR count). The third-order valence-electron chi connectivity index (χ3n) is 4.38. The monoisotopic (exact) mass is 436 g/mol. The molecule has 0 aliphatic rings. The van der Waals surface area contributed by atoms with Gasteiger partial charge in [0.25, 0.3) is 5.91 Å². The molecular weight excluding hydrogens is 411 g/mol. The number of ether oxygens (including phenoxy) is 1. The Morgan fingerprint density at radius 3 is 2.45 bits per heavy atom. The molecule has 29 heavy (non-hydrogen) atoms. The summed E-state index contributed by atoms with van der Waals surface area (Å²) in [5.74, 6) is -0.0888. The highest BCUT2D eigenvalue weighted by molar-refractivity contribution is 6.35. The summed E-state index contributed by atoms with van der Waals surface area (Å²) in [6.45, 7) is 4.52. The Morgan fingerprint density at radius 2 is 1.83 bits per heavy atom. The van der Waals surface area contributed by atoms with Gasteiger partial charge in [0.05, 0.1) is 5.02 Å². The molecule has 5 nitrogen and oxygen atoms in total. The zero-order valence-corrected chi connectivity index (χ0v) is 18.2. The second-order valence-electron chi connectivity index (χ2n) is 6.59. The lowest BCUT2D eigenvalue weighted by molar-refractivity contribution is -0.143. The fourth-order valence-corrected chi connectivity index (χ4v) is 3.34. The predicted octanol–water partition coefficient (Wildman–Crippen LogP) is 4.71. The van der Waals surface area contributed by atoms with Crippen molar-refractivity contribution < 1.29 is 14.3 Å². The molecule has 0 saturated carbocycles. The van der Waals surface area contributed by atoms with Gasteiger partial charge in [-0.3, -0.25) is 9.59 Å². The van der Waals surface area contributed by atoms with Crippen LogP contribution < -0.4 is 10.1 Å². The van der Waals surface area contributed by atoms with Crippen LogP contribution in [0.4, 0.5) is 0 Å². The van der Waals surface area contributed by atoms with Crippen molar-refractivity contribution in [2.45, 2.75) is 39.3 Å². The zero-order valence-electron chi connectivity index (χ0n) is 16.7. The summed E-state index contributed by atoms with van der Waals surface area (Å²) in [7, 11) is 0. The minimum absolute atomic E-state index is 0.164. The molecule has 0 saturated heterocycles. The number of halogens is 2. The van der Waals surface area contributed by atoms with Crippen LogP contribution in [0.1, 0.15) is 32.3 Å². The van der Waals surface area contributed by atoms with Crippen molar-refractivity contribution in [2.75, 3.05) is 13.2 Å². The molecule has 0 aliphatic carbocycles. The molecule has 1 atom stereocenters. The highest BCUT2D eigenvalue weighted by atomic mass is 35.5. The molecule has 2 amide bonds. The molecule has 0 unspecified atom stereocenters. The summed E-state index contributed by atoms with van der Waals surface area (Å²) >= 11 is 12.0. The Kier molecular flexibility index (Phi) is 9.29. The second kappa shape index (κ2) is 11.7. The molecular formula is C22H26Cl2N2O3. The van der Waals surface area contributed by atoms with Gasteiger partial charge in [-0.25, -0.2) is 0 Å². The van der Waals surface area contributed by atoms with E-state index in [2.05, 4.69) is 5.32 Å². The summed E-state index contributed by atoms with van der Waals surface area (Å²) in [6, 6.07) is 13.8.